The summed E-state index contributed by atoms with van der Waals surface area (Å²) in [4.78, 5) is 12.5. The maximum absolute atomic E-state index is 12.5. The van der Waals surface area contributed by atoms with E-state index in [0.717, 1.165) is 25.0 Å². The predicted octanol–water partition coefficient (Wildman–Crippen LogP) is 4.29. The molecule has 1 fully saturated rings. The number of benzene rings is 1. The van der Waals surface area contributed by atoms with Crippen LogP contribution in [0.1, 0.15) is 50.2 Å². The van der Waals surface area contributed by atoms with Crippen LogP contribution in [-0.2, 0) is 11.2 Å². The first kappa shape index (κ1) is 14.0. The zero-order valence-corrected chi connectivity index (χ0v) is 13.7. The number of ketones is 1. The van der Waals surface area contributed by atoms with Gasteiger partial charge in [-0.2, -0.15) is 0 Å². The number of methoxy groups -OCH3 is 1. The summed E-state index contributed by atoms with van der Waals surface area (Å²) in [5.74, 6) is 3.03. The standard InChI is InChI=1S/C20H24O2/c1-12-10-18(21)20(2)9-8-16-15-7-5-14(22-3)11-13(15)4-6-17(16)19(12)20/h5,7,10-11,16-17,19H,4,6,8-9H2,1-3H3/t16-,17-,19+,20-/m1/s1. The van der Waals surface area contributed by atoms with Gasteiger partial charge in [0, 0.05) is 5.41 Å². The van der Waals surface area contributed by atoms with Gasteiger partial charge in [0.2, 0.25) is 0 Å². The van der Waals surface area contributed by atoms with Gasteiger partial charge in [0.15, 0.2) is 5.78 Å². The Morgan fingerprint density at radius 3 is 2.86 bits per heavy atom. The monoisotopic (exact) mass is 296 g/mol. The third-order valence-corrected chi connectivity index (χ3v) is 6.51. The van der Waals surface area contributed by atoms with E-state index in [1.165, 1.54) is 23.1 Å². The van der Waals surface area contributed by atoms with Crippen LogP contribution < -0.4 is 4.74 Å². The van der Waals surface area contributed by atoms with Crippen LogP contribution in [0.15, 0.2) is 29.8 Å². The van der Waals surface area contributed by atoms with Gasteiger partial charge >= 0.3 is 0 Å². The second kappa shape index (κ2) is 4.71. The third kappa shape index (κ3) is 1.76. The molecule has 0 saturated heterocycles. The van der Waals surface area contributed by atoms with Crippen molar-refractivity contribution in [3.8, 4) is 5.75 Å². The van der Waals surface area contributed by atoms with E-state index in [2.05, 4.69) is 32.0 Å². The van der Waals surface area contributed by atoms with Gasteiger partial charge in [-0.25, -0.2) is 0 Å². The molecule has 0 amide bonds. The normalized spacial score (nSPS) is 36.2. The van der Waals surface area contributed by atoms with Crippen LogP contribution in [-0.4, -0.2) is 12.9 Å². The average molecular weight is 296 g/mol. The first-order valence-electron chi connectivity index (χ1n) is 8.44. The number of ether oxygens (including phenoxy) is 1. The molecule has 22 heavy (non-hydrogen) atoms. The van der Waals surface area contributed by atoms with Crippen LogP contribution in [0.3, 0.4) is 0 Å². The van der Waals surface area contributed by atoms with Crippen molar-refractivity contribution >= 4 is 5.78 Å². The van der Waals surface area contributed by atoms with Crippen molar-refractivity contribution in [1.29, 1.82) is 0 Å². The minimum atomic E-state index is -0.130. The number of hydrogen-bond acceptors (Lipinski definition) is 2. The molecule has 1 saturated carbocycles. The molecule has 2 nitrogen and oxygen atoms in total. The van der Waals surface area contributed by atoms with Crippen LogP contribution in [0.25, 0.3) is 0 Å². The van der Waals surface area contributed by atoms with Gasteiger partial charge < -0.3 is 4.74 Å². The van der Waals surface area contributed by atoms with E-state index in [-0.39, 0.29) is 5.41 Å². The van der Waals surface area contributed by atoms with Crippen molar-refractivity contribution in [1.82, 2.24) is 0 Å². The molecular formula is C20H24O2. The lowest BCUT2D eigenvalue weighted by Gasteiger charge is -2.49. The summed E-state index contributed by atoms with van der Waals surface area (Å²) in [6, 6.07) is 6.57. The number of fused-ring (bicyclic) bond motifs is 5. The van der Waals surface area contributed by atoms with E-state index in [1.54, 1.807) is 7.11 Å². The van der Waals surface area contributed by atoms with Crippen LogP contribution in [0.5, 0.6) is 5.75 Å². The third-order valence-electron chi connectivity index (χ3n) is 6.51. The predicted molar refractivity (Wildman–Crippen MR) is 87.1 cm³/mol. The average Bonchev–Trinajstić information content (AvgIpc) is 2.76. The Hall–Kier alpha value is -1.57. The number of aryl methyl sites for hydroxylation is 1. The molecule has 0 N–H and O–H groups in total. The molecule has 4 atom stereocenters. The Morgan fingerprint density at radius 2 is 2.09 bits per heavy atom. The molecule has 0 aromatic heterocycles. The van der Waals surface area contributed by atoms with Gasteiger partial charge in [0.25, 0.3) is 0 Å². The number of allylic oxidation sites excluding steroid dienone is 2. The molecule has 0 heterocycles. The number of hydrogen-bond donors (Lipinski definition) is 0. The summed E-state index contributed by atoms with van der Waals surface area (Å²) in [7, 11) is 1.73. The van der Waals surface area contributed by atoms with E-state index >= 15 is 0 Å². The Morgan fingerprint density at radius 1 is 1.27 bits per heavy atom. The summed E-state index contributed by atoms with van der Waals surface area (Å²) in [5, 5.41) is 0. The molecule has 1 aromatic rings. The maximum atomic E-state index is 12.5. The lowest BCUT2D eigenvalue weighted by atomic mass is 9.54. The summed E-state index contributed by atoms with van der Waals surface area (Å²) < 4.78 is 5.38. The highest BCUT2D eigenvalue weighted by Gasteiger charge is 2.54. The first-order chi connectivity index (χ1) is 10.5. The van der Waals surface area contributed by atoms with Gasteiger partial charge in [-0.1, -0.05) is 18.6 Å². The van der Waals surface area contributed by atoms with E-state index in [4.69, 9.17) is 4.74 Å². The van der Waals surface area contributed by atoms with E-state index < -0.39 is 0 Å². The smallest absolute Gasteiger partial charge is 0.162 e. The van der Waals surface area contributed by atoms with Crippen molar-refractivity contribution in [3.05, 3.63) is 41.0 Å². The van der Waals surface area contributed by atoms with Crippen molar-refractivity contribution in [2.45, 2.75) is 45.4 Å². The highest BCUT2D eigenvalue weighted by molar-refractivity contribution is 5.98. The molecule has 0 spiro atoms. The molecule has 3 aliphatic carbocycles. The maximum Gasteiger partial charge on any atom is 0.162 e. The summed E-state index contributed by atoms with van der Waals surface area (Å²) in [6.07, 6.45) is 6.41. The number of carbonyl (C=O) groups is 1. The van der Waals surface area contributed by atoms with Crippen LogP contribution in [0.2, 0.25) is 0 Å². The van der Waals surface area contributed by atoms with Gasteiger partial charge in [-0.15, -0.1) is 0 Å². The molecular weight excluding hydrogens is 272 g/mol. The Labute approximate surface area is 132 Å². The van der Waals surface area contributed by atoms with E-state index in [9.17, 15) is 4.79 Å². The van der Waals surface area contributed by atoms with Crippen molar-refractivity contribution in [3.63, 3.8) is 0 Å². The number of carbonyl (C=O) groups excluding carboxylic acids is 1. The SMILES string of the molecule is COc1ccc2c(c1)CC[C@@H]1[C@@H]2CC[C@]2(C)C(=O)C=C(C)[C@@H]12. The van der Waals surface area contributed by atoms with Crippen LogP contribution >= 0.6 is 0 Å². The fraction of sp³-hybridized carbons (Fsp3) is 0.550. The summed E-state index contributed by atoms with van der Waals surface area (Å²) >= 11 is 0. The Bertz CT molecular complexity index is 672. The quantitative estimate of drug-likeness (QED) is 0.773. The lowest BCUT2D eigenvalue weighted by molar-refractivity contribution is -0.127. The molecule has 2 heteroatoms. The molecule has 0 bridgehead atoms. The highest BCUT2D eigenvalue weighted by Crippen LogP contribution is 2.59. The lowest BCUT2D eigenvalue weighted by Crippen LogP contribution is -2.43. The van der Waals surface area contributed by atoms with Crippen LogP contribution in [0, 0.1) is 17.3 Å². The second-order valence-electron chi connectivity index (χ2n) is 7.56. The molecule has 4 rings (SSSR count). The Kier molecular flexibility index (Phi) is 3.01. The topological polar surface area (TPSA) is 26.3 Å². The number of rotatable bonds is 1. The molecule has 1 aromatic carbocycles. The zero-order chi connectivity index (χ0) is 15.5. The molecule has 116 valence electrons. The summed E-state index contributed by atoms with van der Waals surface area (Å²) in [5.41, 5.74) is 4.15. The molecule has 0 radical (unpaired) electrons. The van der Waals surface area contributed by atoms with Crippen molar-refractivity contribution < 1.29 is 9.53 Å². The second-order valence-corrected chi connectivity index (χ2v) is 7.56. The molecule has 0 aliphatic heterocycles. The largest absolute Gasteiger partial charge is 0.497 e. The van der Waals surface area contributed by atoms with Crippen molar-refractivity contribution in [2.75, 3.05) is 7.11 Å². The van der Waals surface area contributed by atoms with Crippen molar-refractivity contribution in [2.24, 2.45) is 17.3 Å². The summed E-state index contributed by atoms with van der Waals surface area (Å²) in [6.45, 7) is 4.37. The van der Waals surface area contributed by atoms with Gasteiger partial charge in [-0.3, -0.25) is 4.79 Å². The Balaban J connectivity index is 1.74. The zero-order valence-electron chi connectivity index (χ0n) is 13.7. The van der Waals surface area contributed by atoms with E-state index in [0.29, 0.717) is 23.5 Å². The fourth-order valence-corrected chi connectivity index (χ4v) is 5.47. The highest BCUT2D eigenvalue weighted by atomic mass is 16.5. The minimum Gasteiger partial charge on any atom is -0.497 e. The van der Waals surface area contributed by atoms with Gasteiger partial charge in [0.05, 0.1) is 7.11 Å². The fourth-order valence-electron chi connectivity index (χ4n) is 5.47. The van der Waals surface area contributed by atoms with E-state index in [1.807, 2.05) is 6.08 Å². The van der Waals surface area contributed by atoms with Gasteiger partial charge in [-0.05, 0) is 79.7 Å². The molecule has 0 unspecified atom stereocenters. The van der Waals surface area contributed by atoms with Crippen LogP contribution in [0.4, 0.5) is 0 Å². The van der Waals surface area contributed by atoms with Gasteiger partial charge in [0.1, 0.15) is 5.75 Å². The molecule has 3 aliphatic rings. The first-order valence-corrected chi connectivity index (χ1v) is 8.44. The minimum absolute atomic E-state index is 0.130.